The van der Waals surface area contributed by atoms with E-state index in [-0.39, 0.29) is 5.91 Å². The zero-order chi connectivity index (χ0) is 12.3. The van der Waals surface area contributed by atoms with Gasteiger partial charge in [-0.05, 0) is 30.2 Å². The number of hydroxylamine groups is 1. The number of carbonyl (C=O) groups is 1. The summed E-state index contributed by atoms with van der Waals surface area (Å²) >= 11 is 5.29. The lowest BCUT2D eigenvalue weighted by molar-refractivity contribution is -0.134. The largest absolute Gasteiger partial charge is 0.273 e. The van der Waals surface area contributed by atoms with Crippen LogP contribution >= 0.6 is 11.8 Å². The second-order valence-electron chi connectivity index (χ2n) is 3.64. The molecule has 94 valence electrons. The fourth-order valence-corrected chi connectivity index (χ4v) is 1.44. The minimum absolute atomic E-state index is 0.101. The molecule has 0 heterocycles. The molecule has 0 spiro atoms. The molecule has 1 aromatic carbocycles. The van der Waals surface area contributed by atoms with Crippen molar-refractivity contribution in [2.45, 2.75) is 25.9 Å². The van der Waals surface area contributed by atoms with E-state index in [1.807, 2.05) is 30.3 Å². The standard InChI is InChI=1S/C12H17ClN2O2/c13-14-9-5-4-8-12(16)15-17-10-11-6-2-1-3-7-11/h1-3,6-7,14H,4-5,8-10H2,(H,15,16). The van der Waals surface area contributed by atoms with Gasteiger partial charge in [-0.15, -0.1) is 0 Å². The van der Waals surface area contributed by atoms with Crippen LogP contribution < -0.4 is 10.3 Å². The number of unbranched alkanes of at least 4 members (excludes halogenated alkanes) is 1. The Bertz CT molecular complexity index is 320. The van der Waals surface area contributed by atoms with Crippen molar-refractivity contribution in [1.82, 2.24) is 10.3 Å². The van der Waals surface area contributed by atoms with Gasteiger partial charge in [0.05, 0.1) is 6.61 Å². The second kappa shape index (κ2) is 8.98. The molecule has 0 aliphatic rings. The Hall–Kier alpha value is -1.10. The number of hydrogen-bond acceptors (Lipinski definition) is 3. The van der Waals surface area contributed by atoms with Crippen molar-refractivity contribution < 1.29 is 9.63 Å². The molecule has 17 heavy (non-hydrogen) atoms. The van der Waals surface area contributed by atoms with Crippen molar-refractivity contribution in [3.63, 3.8) is 0 Å². The average Bonchev–Trinajstić information content (AvgIpc) is 2.36. The summed E-state index contributed by atoms with van der Waals surface area (Å²) in [5.41, 5.74) is 3.44. The van der Waals surface area contributed by atoms with Crippen molar-refractivity contribution in [2.75, 3.05) is 6.54 Å². The summed E-state index contributed by atoms with van der Waals surface area (Å²) in [4.78, 5) is 18.9. The number of rotatable bonds is 8. The molecular weight excluding hydrogens is 240 g/mol. The topological polar surface area (TPSA) is 50.4 Å². The molecule has 0 saturated carbocycles. The van der Waals surface area contributed by atoms with Crippen molar-refractivity contribution in [2.24, 2.45) is 0 Å². The number of benzene rings is 1. The normalized spacial score (nSPS) is 10.2. The quantitative estimate of drug-likeness (QED) is 0.426. The molecule has 0 aliphatic heterocycles. The number of hydrogen-bond donors (Lipinski definition) is 2. The fraction of sp³-hybridized carbons (Fsp3) is 0.417. The molecule has 0 radical (unpaired) electrons. The van der Waals surface area contributed by atoms with Gasteiger partial charge in [0.2, 0.25) is 5.91 Å². The molecule has 2 N–H and O–H groups in total. The van der Waals surface area contributed by atoms with Gasteiger partial charge in [0, 0.05) is 13.0 Å². The number of carbonyl (C=O) groups excluding carboxylic acids is 1. The van der Waals surface area contributed by atoms with E-state index in [4.69, 9.17) is 16.6 Å². The Kier molecular flexibility index (Phi) is 7.38. The van der Waals surface area contributed by atoms with Gasteiger partial charge in [-0.3, -0.25) is 9.63 Å². The van der Waals surface area contributed by atoms with Gasteiger partial charge < -0.3 is 0 Å². The van der Waals surface area contributed by atoms with Gasteiger partial charge >= 0.3 is 0 Å². The van der Waals surface area contributed by atoms with E-state index < -0.39 is 0 Å². The van der Waals surface area contributed by atoms with Crippen LogP contribution in [0.5, 0.6) is 0 Å². The van der Waals surface area contributed by atoms with Crippen molar-refractivity contribution in [3.8, 4) is 0 Å². The van der Waals surface area contributed by atoms with Crippen LogP contribution in [0.4, 0.5) is 0 Å². The number of halogens is 1. The molecule has 0 aromatic heterocycles. The van der Waals surface area contributed by atoms with Gasteiger partial charge in [-0.2, -0.15) is 0 Å². The summed E-state index contributed by atoms with van der Waals surface area (Å²) in [6.45, 7) is 1.09. The molecule has 0 saturated heterocycles. The summed E-state index contributed by atoms with van der Waals surface area (Å²) in [7, 11) is 0. The van der Waals surface area contributed by atoms with Crippen molar-refractivity contribution in [1.29, 1.82) is 0 Å². The maximum atomic E-state index is 11.3. The maximum absolute atomic E-state index is 11.3. The third kappa shape index (κ3) is 6.94. The van der Waals surface area contributed by atoms with Crippen LogP contribution in [0.2, 0.25) is 0 Å². The summed E-state index contributed by atoms with van der Waals surface area (Å²) < 4.78 is 0. The van der Waals surface area contributed by atoms with Crippen LogP contribution in [-0.2, 0) is 16.2 Å². The van der Waals surface area contributed by atoms with Crippen LogP contribution in [0.15, 0.2) is 30.3 Å². The van der Waals surface area contributed by atoms with E-state index in [0.717, 1.165) is 18.4 Å². The third-order valence-electron chi connectivity index (χ3n) is 2.19. The number of amides is 1. The van der Waals surface area contributed by atoms with Crippen LogP contribution in [0, 0.1) is 0 Å². The van der Waals surface area contributed by atoms with E-state index in [9.17, 15) is 4.79 Å². The first-order valence-electron chi connectivity index (χ1n) is 5.61. The first kappa shape index (κ1) is 14.0. The molecule has 1 rings (SSSR count). The molecular formula is C12H17ClN2O2. The van der Waals surface area contributed by atoms with Crippen LogP contribution in [0.25, 0.3) is 0 Å². The lowest BCUT2D eigenvalue weighted by atomic mass is 10.2. The molecule has 0 bridgehead atoms. The highest BCUT2D eigenvalue weighted by molar-refractivity contribution is 6.13. The van der Waals surface area contributed by atoms with Gasteiger partial charge in [0.1, 0.15) is 0 Å². The Balaban J connectivity index is 2.04. The highest BCUT2D eigenvalue weighted by Crippen LogP contribution is 1.99. The monoisotopic (exact) mass is 256 g/mol. The highest BCUT2D eigenvalue weighted by Gasteiger charge is 2.00. The Morgan fingerprint density at radius 1 is 1.24 bits per heavy atom. The first-order chi connectivity index (χ1) is 8.33. The molecule has 0 fully saturated rings. The molecule has 0 unspecified atom stereocenters. The minimum Gasteiger partial charge on any atom is -0.273 e. The van der Waals surface area contributed by atoms with E-state index in [0.29, 0.717) is 19.6 Å². The van der Waals surface area contributed by atoms with E-state index in [1.54, 1.807) is 0 Å². The molecule has 0 aliphatic carbocycles. The lowest BCUT2D eigenvalue weighted by Gasteiger charge is -2.05. The Labute approximate surface area is 106 Å². The fourth-order valence-electron chi connectivity index (χ4n) is 1.30. The highest BCUT2D eigenvalue weighted by atomic mass is 35.5. The second-order valence-corrected chi connectivity index (χ2v) is 3.91. The zero-order valence-corrected chi connectivity index (χ0v) is 10.4. The maximum Gasteiger partial charge on any atom is 0.243 e. The van der Waals surface area contributed by atoms with Crippen LogP contribution in [0.1, 0.15) is 24.8 Å². The van der Waals surface area contributed by atoms with E-state index in [2.05, 4.69) is 10.3 Å². The van der Waals surface area contributed by atoms with E-state index in [1.165, 1.54) is 0 Å². The lowest BCUT2D eigenvalue weighted by Crippen LogP contribution is -2.23. The SMILES string of the molecule is O=C(CCCCNCl)NOCc1ccccc1. The minimum atomic E-state index is -0.101. The molecule has 4 nitrogen and oxygen atoms in total. The molecule has 5 heteroatoms. The third-order valence-corrected chi connectivity index (χ3v) is 2.38. The average molecular weight is 257 g/mol. The summed E-state index contributed by atoms with van der Waals surface area (Å²) in [5, 5.41) is 0. The Morgan fingerprint density at radius 2 is 2.00 bits per heavy atom. The van der Waals surface area contributed by atoms with Crippen molar-refractivity contribution >= 4 is 17.7 Å². The number of nitrogens with one attached hydrogen (secondary N) is 2. The first-order valence-corrected chi connectivity index (χ1v) is 5.99. The molecule has 0 atom stereocenters. The van der Waals surface area contributed by atoms with Gasteiger partial charge in [0.15, 0.2) is 0 Å². The Morgan fingerprint density at radius 3 is 2.71 bits per heavy atom. The molecule has 1 amide bonds. The smallest absolute Gasteiger partial charge is 0.243 e. The van der Waals surface area contributed by atoms with Crippen LogP contribution in [-0.4, -0.2) is 12.5 Å². The summed E-state index contributed by atoms with van der Waals surface area (Å²) in [5.74, 6) is -0.101. The van der Waals surface area contributed by atoms with Crippen LogP contribution in [0.3, 0.4) is 0 Å². The molecule has 1 aromatic rings. The van der Waals surface area contributed by atoms with Gasteiger partial charge in [-0.1, -0.05) is 30.3 Å². The summed E-state index contributed by atoms with van der Waals surface area (Å²) in [6, 6.07) is 9.68. The van der Waals surface area contributed by atoms with Gasteiger partial charge in [-0.25, -0.2) is 10.3 Å². The van der Waals surface area contributed by atoms with Crippen molar-refractivity contribution in [3.05, 3.63) is 35.9 Å². The van der Waals surface area contributed by atoms with Gasteiger partial charge in [0.25, 0.3) is 0 Å². The van der Waals surface area contributed by atoms with E-state index >= 15 is 0 Å². The summed E-state index contributed by atoms with van der Waals surface area (Å²) in [6.07, 6.45) is 2.11. The predicted molar refractivity (Wildman–Crippen MR) is 67.1 cm³/mol. The predicted octanol–water partition coefficient (Wildman–Crippen LogP) is 2.15. The zero-order valence-electron chi connectivity index (χ0n) is 9.62.